The summed E-state index contributed by atoms with van der Waals surface area (Å²) in [4.78, 5) is 16.5. The highest BCUT2D eigenvalue weighted by atomic mass is 32.1. The zero-order chi connectivity index (χ0) is 15.4. The number of rotatable bonds is 4. The summed E-state index contributed by atoms with van der Waals surface area (Å²) in [6.45, 7) is 1.90. The fourth-order valence-electron chi connectivity index (χ4n) is 2.55. The first-order valence-electron chi connectivity index (χ1n) is 7.41. The molecule has 1 aromatic heterocycles. The summed E-state index contributed by atoms with van der Waals surface area (Å²) in [7, 11) is 0. The van der Waals surface area contributed by atoms with Crippen molar-refractivity contribution in [3.8, 4) is 10.6 Å². The van der Waals surface area contributed by atoms with Gasteiger partial charge in [0.25, 0.3) is 0 Å². The Morgan fingerprint density at radius 2 is 2.23 bits per heavy atom. The number of thiazole rings is 1. The maximum Gasteiger partial charge on any atom is 0.226 e. The quantitative estimate of drug-likeness (QED) is 0.909. The van der Waals surface area contributed by atoms with E-state index in [0.717, 1.165) is 42.2 Å². The van der Waals surface area contributed by atoms with Crippen LogP contribution in [0.3, 0.4) is 0 Å². The minimum atomic E-state index is -0.280. The molecule has 0 saturated carbocycles. The van der Waals surface area contributed by atoms with Crippen LogP contribution in [-0.2, 0) is 11.2 Å². The van der Waals surface area contributed by atoms with Crippen molar-refractivity contribution in [1.82, 2.24) is 15.6 Å². The Bertz CT molecular complexity index is 652. The predicted octanol–water partition coefficient (Wildman–Crippen LogP) is 2.36. The summed E-state index contributed by atoms with van der Waals surface area (Å²) in [5.41, 5.74) is 1.48. The lowest BCUT2D eigenvalue weighted by atomic mass is 10.1. The van der Waals surface area contributed by atoms with Crippen LogP contribution in [0.2, 0.25) is 0 Å². The first kappa shape index (κ1) is 15.1. The van der Waals surface area contributed by atoms with Crippen LogP contribution in [0, 0.1) is 5.82 Å². The Morgan fingerprint density at radius 3 is 3.00 bits per heavy atom. The van der Waals surface area contributed by atoms with Gasteiger partial charge in [0, 0.05) is 17.0 Å². The number of nitrogens with zero attached hydrogens (tertiary/aromatic N) is 1. The molecule has 1 aromatic carbocycles. The topological polar surface area (TPSA) is 54.0 Å². The molecule has 0 atom stereocenters. The second kappa shape index (κ2) is 6.98. The van der Waals surface area contributed by atoms with Gasteiger partial charge in [0.05, 0.1) is 12.1 Å². The molecule has 4 nitrogen and oxygen atoms in total. The Hall–Kier alpha value is -1.79. The van der Waals surface area contributed by atoms with Crippen molar-refractivity contribution in [2.45, 2.75) is 25.3 Å². The normalized spacial score (nSPS) is 15.7. The standard InChI is InChI=1S/C16H18FN3OS/c17-12-3-1-2-11(8-12)16-20-14(10-22-16)9-15(21)19-13-4-6-18-7-5-13/h1-3,8,10,13,18H,4-7,9H2,(H,19,21). The number of hydrogen-bond donors (Lipinski definition) is 2. The monoisotopic (exact) mass is 319 g/mol. The zero-order valence-electron chi connectivity index (χ0n) is 12.1. The third-order valence-electron chi connectivity index (χ3n) is 3.67. The van der Waals surface area contributed by atoms with Gasteiger partial charge in [-0.15, -0.1) is 11.3 Å². The van der Waals surface area contributed by atoms with Gasteiger partial charge in [-0.2, -0.15) is 0 Å². The van der Waals surface area contributed by atoms with E-state index in [2.05, 4.69) is 15.6 Å². The predicted molar refractivity (Wildman–Crippen MR) is 85.2 cm³/mol. The molecule has 1 fully saturated rings. The van der Waals surface area contributed by atoms with E-state index in [1.165, 1.54) is 23.5 Å². The Morgan fingerprint density at radius 1 is 1.41 bits per heavy atom. The molecule has 0 bridgehead atoms. The minimum absolute atomic E-state index is 0.00277. The molecule has 116 valence electrons. The molecule has 1 aliphatic rings. The molecular weight excluding hydrogens is 301 g/mol. The van der Waals surface area contributed by atoms with Gasteiger partial charge in [-0.25, -0.2) is 9.37 Å². The first-order chi connectivity index (χ1) is 10.7. The average molecular weight is 319 g/mol. The number of benzene rings is 1. The molecule has 1 aliphatic heterocycles. The fraction of sp³-hybridized carbons (Fsp3) is 0.375. The number of piperidine rings is 1. The van der Waals surface area contributed by atoms with Crippen LogP contribution in [-0.4, -0.2) is 30.0 Å². The lowest BCUT2D eigenvalue weighted by Crippen LogP contribution is -2.43. The summed E-state index contributed by atoms with van der Waals surface area (Å²) < 4.78 is 13.2. The van der Waals surface area contributed by atoms with Crippen molar-refractivity contribution in [3.63, 3.8) is 0 Å². The van der Waals surface area contributed by atoms with Crippen molar-refractivity contribution in [2.75, 3.05) is 13.1 Å². The van der Waals surface area contributed by atoms with Crippen molar-refractivity contribution in [1.29, 1.82) is 0 Å². The van der Waals surface area contributed by atoms with E-state index >= 15 is 0 Å². The highest BCUT2D eigenvalue weighted by Gasteiger charge is 2.16. The number of aromatic nitrogens is 1. The Balaban J connectivity index is 1.60. The van der Waals surface area contributed by atoms with E-state index < -0.39 is 0 Å². The minimum Gasteiger partial charge on any atom is -0.353 e. The Kier molecular flexibility index (Phi) is 4.80. The summed E-state index contributed by atoms with van der Waals surface area (Å²) >= 11 is 1.43. The van der Waals surface area contributed by atoms with Crippen LogP contribution in [0.5, 0.6) is 0 Å². The second-order valence-corrected chi connectivity index (χ2v) is 6.28. The number of carbonyl (C=O) groups is 1. The Labute approximate surface area is 132 Å². The van der Waals surface area contributed by atoms with Crippen molar-refractivity contribution in [2.24, 2.45) is 0 Å². The average Bonchev–Trinajstić information content (AvgIpc) is 2.96. The maximum atomic E-state index is 13.2. The molecule has 0 radical (unpaired) electrons. The van der Waals surface area contributed by atoms with Gasteiger partial charge in [0.15, 0.2) is 0 Å². The number of halogens is 1. The van der Waals surface area contributed by atoms with E-state index in [4.69, 9.17) is 0 Å². The molecule has 2 N–H and O–H groups in total. The van der Waals surface area contributed by atoms with Gasteiger partial charge in [-0.05, 0) is 38.1 Å². The highest BCUT2D eigenvalue weighted by Crippen LogP contribution is 2.24. The number of nitrogens with one attached hydrogen (secondary N) is 2. The summed E-state index contributed by atoms with van der Waals surface area (Å²) in [6.07, 6.45) is 2.21. The molecule has 2 aromatic rings. The van der Waals surface area contributed by atoms with E-state index in [1.54, 1.807) is 6.07 Å². The fourth-order valence-corrected chi connectivity index (χ4v) is 3.37. The van der Waals surface area contributed by atoms with Crippen LogP contribution in [0.15, 0.2) is 29.6 Å². The molecular formula is C16H18FN3OS. The van der Waals surface area contributed by atoms with E-state index in [1.807, 2.05) is 11.4 Å². The van der Waals surface area contributed by atoms with Gasteiger partial charge in [-0.1, -0.05) is 12.1 Å². The molecule has 1 amide bonds. The van der Waals surface area contributed by atoms with Crippen LogP contribution in [0.1, 0.15) is 18.5 Å². The molecule has 22 heavy (non-hydrogen) atoms. The largest absolute Gasteiger partial charge is 0.353 e. The SMILES string of the molecule is O=C(Cc1csc(-c2cccc(F)c2)n1)NC1CCNCC1. The summed E-state index contributed by atoms with van der Waals surface area (Å²) in [6, 6.07) is 6.61. The number of amides is 1. The molecule has 6 heteroatoms. The van der Waals surface area contributed by atoms with Crippen LogP contribution in [0.25, 0.3) is 10.6 Å². The second-order valence-electron chi connectivity index (χ2n) is 5.42. The lowest BCUT2D eigenvalue weighted by molar-refractivity contribution is -0.121. The van der Waals surface area contributed by atoms with Crippen molar-refractivity contribution < 1.29 is 9.18 Å². The third kappa shape index (κ3) is 3.90. The lowest BCUT2D eigenvalue weighted by Gasteiger charge is -2.23. The highest BCUT2D eigenvalue weighted by molar-refractivity contribution is 7.13. The van der Waals surface area contributed by atoms with Crippen LogP contribution < -0.4 is 10.6 Å². The molecule has 3 rings (SSSR count). The number of hydrogen-bond acceptors (Lipinski definition) is 4. The maximum absolute atomic E-state index is 13.2. The first-order valence-corrected chi connectivity index (χ1v) is 8.29. The number of carbonyl (C=O) groups excluding carboxylic acids is 1. The third-order valence-corrected chi connectivity index (χ3v) is 4.61. The van der Waals surface area contributed by atoms with Gasteiger partial charge in [0.2, 0.25) is 5.91 Å². The zero-order valence-corrected chi connectivity index (χ0v) is 13.0. The molecule has 1 saturated heterocycles. The van der Waals surface area contributed by atoms with Gasteiger partial charge < -0.3 is 10.6 Å². The smallest absolute Gasteiger partial charge is 0.226 e. The van der Waals surface area contributed by atoms with Gasteiger partial charge >= 0.3 is 0 Å². The van der Waals surface area contributed by atoms with E-state index in [0.29, 0.717) is 0 Å². The van der Waals surface area contributed by atoms with Crippen molar-refractivity contribution >= 4 is 17.2 Å². The van der Waals surface area contributed by atoms with Crippen LogP contribution >= 0.6 is 11.3 Å². The molecule has 2 heterocycles. The molecule has 0 spiro atoms. The van der Waals surface area contributed by atoms with E-state index in [-0.39, 0.29) is 24.2 Å². The van der Waals surface area contributed by atoms with E-state index in [9.17, 15) is 9.18 Å². The van der Waals surface area contributed by atoms with Crippen molar-refractivity contribution in [3.05, 3.63) is 41.2 Å². The summed E-state index contributed by atoms with van der Waals surface area (Å²) in [5, 5.41) is 8.93. The van der Waals surface area contributed by atoms with Crippen LogP contribution in [0.4, 0.5) is 4.39 Å². The summed E-state index contributed by atoms with van der Waals surface area (Å²) in [5.74, 6) is -0.277. The molecule has 0 aliphatic carbocycles. The molecule has 0 unspecified atom stereocenters. The van der Waals surface area contributed by atoms with Gasteiger partial charge in [-0.3, -0.25) is 4.79 Å². The van der Waals surface area contributed by atoms with Gasteiger partial charge in [0.1, 0.15) is 10.8 Å².